The molecule has 0 amide bonds. The van der Waals surface area contributed by atoms with Crippen molar-refractivity contribution in [3.05, 3.63) is 97.2 Å². The molecule has 0 fully saturated rings. The van der Waals surface area contributed by atoms with Crippen LogP contribution in [0.25, 0.3) is 0 Å². The molecule has 0 radical (unpaired) electrons. The predicted octanol–water partition coefficient (Wildman–Crippen LogP) is 10.3. The van der Waals surface area contributed by atoms with E-state index in [1.807, 2.05) is 54.7 Å². The Morgan fingerprint density at radius 2 is 1.11 bits per heavy atom. The van der Waals surface area contributed by atoms with Crippen molar-refractivity contribution in [1.82, 2.24) is 0 Å². The molecule has 0 spiro atoms. The lowest BCUT2D eigenvalue weighted by Gasteiger charge is -2.20. The third-order valence-electron chi connectivity index (χ3n) is 8.57. The zero-order chi connectivity index (χ0) is 46.0. The van der Waals surface area contributed by atoms with E-state index in [2.05, 4.69) is 59.4 Å². The number of rotatable bonds is 40. The van der Waals surface area contributed by atoms with Crippen LogP contribution in [0.4, 0.5) is 0 Å². The molecular weight excluding hydrogens is 838 g/mol. The number of aliphatic hydroxyl groups is 2. The molecule has 5 N–H and O–H groups in total. The Hall–Kier alpha value is -3.00. The molecule has 0 saturated heterocycles. The Balaban J connectivity index is 4.72. The number of carbonyl (C=O) groups excluding carboxylic acids is 2. The molecule has 0 aromatic heterocycles. The number of unbranched alkanes of at least 4 members (excludes halogenated alkanes) is 9. The molecule has 0 aromatic carbocycles. The smallest absolute Gasteiger partial charge is 0.462 e. The lowest BCUT2D eigenvalue weighted by Crippen LogP contribution is -2.29. The van der Waals surface area contributed by atoms with Gasteiger partial charge in [0.15, 0.2) is 6.10 Å². The summed E-state index contributed by atoms with van der Waals surface area (Å²) < 4.78 is 47.6. The van der Waals surface area contributed by atoms with Crippen molar-refractivity contribution in [2.75, 3.05) is 26.4 Å². The summed E-state index contributed by atoms with van der Waals surface area (Å²) in [4.78, 5) is 52.7. The van der Waals surface area contributed by atoms with Crippen molar-refractivity contribution in [2.24, 2.45) is 0 Å². The highest BCUT2D eigenvalue weighted by Crippen LogP contribution is 2.43. The molecule has 16 heteroatoms. The molecule has 2 unspecified atom stereocenters. The zero-order valence-electron chi connectivity index (χ0n) is 37.0. The number of hydrogen-bond donors (Lipinski definition) is 5. The summed E-state index contributed by atoms with van der Waals surface area (Å²) in [7, 11) is -9.73. The Morgan fingerprint density at radius 1 is 0.548 bits per heavy atom. The highest BCUT2D eigenvalue weighted by atomic mass is 31.2. The van der Waals surface area contributed by atoms with E-state index in [1.54, 1.807) is 6.08 Å². The average molecular weight is 915 g/mol. The Bertz CT molecular complexity index is 1480. The van der Waals surface area contributed by atoms with Gasteiger partial charge >= 0.3 is 27.6 Å². The number of carbonyl (C=O) groups is 2. The molecule has 0 bridgehead atoms. The highest BCUT2D eigenvalue weighted by molar-refractivity contribution is 7.47. The first-order chi connectivity index (χ1) is 29.8. The number of aliphatic hydroxyl groups excluding tert-OH is 2. The predicted molar refractivity (Wildman–Crippen MR) is 245 cm³/mol. The number of ether oxygens (including phenoxy) is 2. The van der Waals surface area contributed by atoms with Gasteiger partial charge in [-0.2, -0.15) is 0 Å². The van der Waals surface area contributed by atoms with Gasteiger partial charge < -0.3 is 34.4 Å². The van der Waals surface area contributed by atoms with Crippen LogP contribution < -0.4 is 0 Å². The van der Waals surface area contributed by atoms with E-state index in [0.29, 0.717) is 25.7 Å². The van der Waals surface area contributed by atoms with Gasteiger partial charge in [-0.15, -0.1) is 0 Å². The lowest BCUT2D eigenvalue weighted by molar-refractivity contribution is -0.161. The maximum absolute atomic E-state index is 12.6. The van der Waals surface area contributed by atoms with E-state index in [-0.39, 0.29) is 12.8 Å². The minimum absolute atomic E-state index is 0.0182. The molecule has 0 heterocycles. The molecule has 354 valence electrons. The second-order valence-electron chi connectivity index (χ2n) is 14.5. The molecular formula is C46H76O14P2. The van der Waals surface area contributed by atoms with E-state index >= 15 is 0 Å². The van der Waals surface area contributed by atoms with Crippen LogP contribution in [0, 0.1) is 0 Å². The van der Waals surface area contributed by atoms with Gasteiger partial charge in [-0.25, -0.2) is 9.13 Å². The standard InChI is InChI=1S/C46H76O14P2/c1-3-5-7-8-9-10-11-12-13-16-19-22-25-28-32-36-45(49)56-40-44(41-59-62(54,55)58-39-43(48)38-57-61(51,52)53)60-46(50)37-33-29-26-23-20-17-14-15-18-21-24-27-31-35-42(47)34-30-6-4-2/h6,10-13,15,17-18,20,24,26-27,29-31,35,42-44,47-48H,3-5,7-9,14,16,19,21-23,25,28,32-34,36-41H2,1-2H3,(H,54,55)(H2,51,52,53)/b11-10-,13-12-,18-15-,20-17-,27-24+,29-26-,30-6-,35-31+/t42?,43-,44+/m0/s1. The van der Waals surface area contributed by atoms with Crippen LogP contribution in [0.5, 0.6) is 0 Å². The number of esters is 2. The van der Waals surface area contributed by atoms with E-state index in [4.69, 9.17) is 23.8 Å². The number of phosphoric acid groups is 2. The molecule has 0 aromatic rings. The molecule has 14 nitrogen and oxygen atoms in total. The van der Waals surface area contributed by atoms with E-state index in [0.717, 1.165) is 57.8 Å². The fourth-order valence-electron chi connectivity index (χ4n) is 5.21. The monoisotopic (exact) mass is 914 g/mol. The summed E-state index contributed by atoms with van der Waals surface area (Å²) in [6.07, 6.45) is 44.6. The first kappa shape index (κ1) is 59.0. The normalized spacial score (nSPS) is 15.4. The number of hydrogen-bond acceptors (Lipinski definition) is 11. The van der Waals surface area contributed by atoms with Crippen molar-refractivity contribution < 1.29 is 66.7 Å². The Kier molecular flexibility index (Phi) is 38.8. The summed E-state index contributed by atoms with van der Waals surface area (Å²) in [5.74, 6) is -1.18. The quantitative estimate of drug-likeness (QED) is 0.0127. The van der Waals surface area contributed by atoms with Crippen LogP contribution in [0.15, 0.2) is 97.2 Å². The van der Waals surface area contributed by atoms with Crippen molar-refractivity contribution in [1.29, 1.82) is 0 Å². The first-order valence-electron chi connectivity index (χ1n) is 22.1. The summed E-state index contributed by atoms with van der Waals surface area (Å²) >= 11 is 0. The van der Waals surface area contributed by atoms with Crippen molar-refractivity contribution in [3.63, 3.8) is 0 Å². The topological polar surface area (TPSA) is 216 Å². The number of phosphoric ester groups is 2. The van der Waals surface area contributed by atoms with Crippen LogP contribution in [0.1, 0.15) is 136 Å². The third kappa shape index (κ3) is 43.6. The van der Waals surface area contributed by atoms with Gasteiger partial charge in [0.25, 0.3) is 0 Å². The van der Waals surface area contributed by atoms with Gasteiger partial charge in [0.05, 0.1) is 25.9 Å². The van der Waals surface area contributed by atoms with Crippen molar-refractivity contribution >= 4 is 27.6 Å². The molecule has 62 heavy (non-hydrogen) atoms. The zero-order valence-corrected chi connectivity index (χ0v) is 38.8. The van der Waals surface area contributed by atoms with Crippen LogP contribution >= 0.6 is 15.6 Å². The Morgan fingerprint density at radius 3 is 1.76 bits per heavy atom. The number of allylic oxidation sites excluding steroid dienone is 14. The van der Waals surface area contributed by atoms with Crippen molar-refractivity contribution in [2.45, 2.75) is 154 Å². The minimum Gasteiger partial charge on any atom is -0.462 e. The summed E-state index contributed by atoms with van der Waals surface area (Å²) in [6.45, 7) is 1.40. The molecule has 4 atom stereocenters. The maximum Gasteiger partial charge on any atom is 0.472 e. The molecule has 0 aliphatic heterocycles. The summed E-state index contributed by atoms with van der Waals surface area (Å²) in [5, 5.41) is 19.6. The minimum atomic E-state index is -4.88. The average Bonchev–Trinajstić information content (AvgIpc) is 3.23. The van der Waals surface area contributed by atoms with Gasteiger partial charge in [-0.05, 0) is 70.6 Å². The van der Waals surface area contributed by atoms with Crippen LogP contribution in [0.3, 0.4) is 0 Å². The maximum atomic E-state index is 12.6. The van der Waals surface area contributed by atoms with E-state index < -0.39 is 72.3 Å². The third-order valence-corrected chi connectivity index (χ3v) is 10.0. The van der Waals surface area contributed by atoms with Gasteiger partial charge in [-0.1, -0.05) is 150 Å². The van der Waals surface area contributed by atoms with E-state index in [1.165, 1.54) is 25.7 Å². The lowest BCUT2D eigenvalue weighted by atomic mass is 10.1. The fraction of sp³-hybridized carbons (Fsp3) is 0.609. The van der Waals surface area contributed by atoms with E-state index in [9.17, 15) is 33.8 Å². The highest BCUT2D eigenvalue weighted by Gasteiger charge is 2.28. The second-order valence-corrected chi connectivity index (χ2v) is 17.2. The summed E-state index contributed by atoms with van der Waals surface area (Å²) in [6, 6.07) is 0. The van der Waals surface area contributed by atoms with Crippen LogP contribution in [-0.4, -0.2) is 81.6 Å². The van der Waals surface area contributed by atoms with Gasteiger partial charge in [0.1, 0.15) is 12.7 Å². The molecule has 0 aliphatic rings. The molecule has 0 saturated carbocycles. The second kappa shape index (κ2) is 40.8. The van der Waals surface area contributed by atoms with Gasteiger partial charge in [0.2, 0.25) is 0 Å². The molecule has 0 aliphatic carbocycles. The first-order valence-corrected chi connectivity index (χ1v) is 25.1. The van der Waals surface area contributed by atoms with Gasteiger partial charge in [0, 0.05) is 12.8 Å². The SMILES string of the molecule is CC/C=C\CC(O)/C=C/C=C/C/C=C\C/C=C\C/C=C\CCC(=O)O[C@H](COC(=O)CCCCCCC/C=C\C=C/CCCCCC)COP(=O)(O)OC[C@@H](O)COP(=O)(O)O. The summed E-state index contributed by atoms with van der Waals surface area (Å²) in [5.41, 5.74) is 0. The largest absolute Gasteiger partial charge is 0.472 e. The van der Waals surface area contributed by atoms with Gasteiger partial charge in [-0.3, -0.25) is 23.2 Å². The fourth-order valence-corrected chi connectivity index (χ4v) is 6.37. The van der Waals surface area contributed by atoms with Crippen LogP contribution in [-0.2, 0) is 41.8 Å². The van der Waals surface area contributed by atoms with Crippen LogP contribution in [0.2, 0.25) is 0 Å². The van der Waals surface area contributed by atoms with Crippen molar-refractivity contribution in [3.8, 4) is 0 Å². The Labute approximate surface area is 371 Å². The molecule has 0 rings (SSSR count).